The summed E-state index contributed by atoms with van der Waals surface area (Å²) in [6.45, 7) is 1.67. The third-order valence-corrected chi connectivity index (χ3v) is 5.42. The molecule has 0 bridgehead atoms. The first-order chi connectivity index (χ1) is 12.1. The van der Waals surface area contributed by atoms with E-state index in [-0.39, 0.29) is 17.1 Å². The molecule has 140 valence electrons. The molecule has 1 amide bonds. The second-order valence-corrected chi connectivity index (χ2v) is 8.22. The molecule has 0 radical (unpaired) electrons. The van der Waals surface area contributed by atoms with Crippen molar-refractivity contribution >= 4 is 50.5 Å². The van der Waals surface area contributed by atoms with Crippen LogP contribution in [0.3, 0.4) is 0 Å². The normalized spacial score (nSPS) is 12.5. The number of anilines is 2. The summed E-state index contributed by atoms with van der Waals surface area (Å²) in [6.07, 6.45) is 1.15. The monoisotopic (exact) mass is 418 g/mol. The first kappa shape index (κ1) is 20.5. The zero-order valence-corrected chi connectivity index (χ0v) is 16.4. The van der Waals surface area contributed by atoms with Crippen LogP contribution in [-0.4, -0.2) is 26.6 Å². The van der Waals surface area contributed by atoms with Gasteiger partial charge in [-0.3, -0.25) is 9.10 Å². The molecule has 2 rings (SSSR count). The molecule has 0 spiro atoms. The van der Waals surface area contributed by atoms with Crippen molar-refractivity contribution in [2.24, 2.45) is 0 Å². The Balaban J connectivity index is 2.43. The summed E-state index contributed by atoms with van der Waals surface area (Å²) in [6, 6.07) is 9.02. The maximum atomic E-state index is 13.4. The number of carbonyl (C=O) groups excluding carboxylic acids is 1. The fraction of sp³-hybridized carbons (Fsp3) is 0.235. The summed E-state index contributed by atoms with van der Waals surface area (Å²) in [4.78, 5) is 12.7. The lowest BCUT2D eigenvalue weighted by Crippen LogP contribution is -2.47. The minimum absolute atomic E-state index is 0.0973. The number of nitrogens with zero attached hydrogens (tertiary/aromatic N) is 1. The molecule has 1 atom stereocenters. The topological polar surface area (TPSA) is 66.5 Å². The largest absolute Gasteiger partial charge is 0.323 e. The van der Waals surface area contributed by atoms with Gasteiger partial charge in [0.1, 0.15) is 11.9 Å². The molecule has 0 saturated carbocycles. The second-order valence-electron chi connectivity index (χ2n) is 5.55. The van der Waals surface area contributed by atoms with Gasteiger partial charge in [0.25, 0.3) is 0 Å². The highest BCUT2D eigenvalue weighted by molar-refractivity contribution is 7.92. The fourth-order valence-corrected chi connectivity index (χ4v) is 4.02. The van der Waals surface area contributed by atoms with Crippen molar-refractivity contribution in [2.75, 3.05) is 15.9 Å². The van der Waals surface area contributed by atoms with E-state index in [1.807, 2.05) is 0 Å². The summed E-state index contributed by atoms with van der Waals surface area (Å²) in [5, 5.41) is 2.71. The fourth-order valence-electron chi connectivity index (χ4n) is 2.46. The molecule has 2 aromatic carbocycles. The van der Waals surface area contributed by atoms with E-state index in [9.17, 15) is 17.6 Å². The molecule has 0 aliphatic heterocycles. The van der Waals surface area contributed by atoms with Gasteiger partial charge < -0.3 is 5.32 Å². The molecular formula is C17H17Cl2FN2O3S. The van der Waals surface area contributed by atoms with Crippen molar-refractivity contribution in [2.45, 2.75) is 19.4 Å². The number of rotatable bonds is 6. The Hall–Kier alpha value is -1.83. The number of carbonyl (C=O) groups is 1. The van der Waals surface area contributed by atoms with Crippen LogP contribution in [0.4, 0.5) is 15.8 Å². The summed E-state index contributed by atoms with van der Waals surface area (Å²) in [7, 11) is -3.85. The van der Waals surface area contributed by atoms with Gasteiger partial charge in [-0.05, 0) is 36.8 Å². The van der Waals surface area contributed by atoms with Crippen molar-refractivity contribution in [3.8, 4) is 0 Å². The van der Waals surface area contributed by atoms with Crippen LogP contribution in [0.25, 0.3) is 0 Å². The van der Waals surface area contributed by atoms with Crippen LogP contribution < -0.4 is 9.62 Å². The van der Waals surface area contributed by atoms with Crippen molar-refractivity contribution in [3.63, 3.8) is 0 Å². The van der Waals surface area contributed by atoms with Crippen molar-refractivity contribution in [3.05, 3.63) is 58.3 Å². The number of halogens is 3. The van der Waals surface area contributed by atoms with E-state index in [2.05, 4.69) is 5.32 Å². The van der Waals surface area contributed by atoms with Crippen molar-refractivity contribution in [1.29, 1.82) is 0 Å². The molecule has 0 aromatic heterocycles. The average Bonchev–Trinajstić information content (AvgIpc) is 2.56. The Bertz CT molecular complexity index is 922. The SMILES string of the molecule is CC[C@H](C(=O)Nc1ccccc1Cl)N(c1ccc(F)c(Cl)c1)S(C)(=O)=O. The molecule has 0 heterocycles. The van der Waals surface area contributed by atoms with Crippen LogP contribution >= 0.6 is 23.2 Å². The van der Waals surface area contributed by atoms with Crippen molar-refractivity contribution in [1.82, 2.24) is 0 Å². The van der Waals surface area contributed by atoms with E-state index in [4.69, 9.17) is 23.2 Å². The highest BCUT2D eigenvalue weighted by Crippen LogP contribution is 2.28. The van der Waals surface area contributed by atoms with E-state index >= 15 is 0 Å². The summed E-state index contributed by atoms with van der Waals surface area (Å²) in [5.74, 6) is -1.25. The lowest BCUT2D eigenvalue weighted by atomic mass is 10.1. The van der Waals surface area contributed by atoms with Gasteiger partial charge in [-0.2, -0.15) is 0 Å². The number of para-hydroxylation sites is 1. The third-order valence-electron chi connectivity index (χ3n) is 3.62. The number of sulfonamides is 1. The van der Waals surface area contributed by atoms with Gasteiger partial charge in [0.15, 0.2) is 0 Å². The molecule has 0 aliphatic carbocycles. The van der Waals surface area contributed by atoms with Gasteiger partial charge in [0, 0.05) is 0 Å². The highest BCUT2D eigenvalue weighted by atomic mass is 35.5. The zero-order valence-electron chi connectivity index (χ0n) is 14.0. The van der Waals surface area contributed by atoms with Gasteiger partial charge in [0.2, 0.25) is 15.9 Å². The van der Waals surface area contributed by atoms with Crippen molar-refractivity contribution < 1.29 is 17.6 Å². The second kappa shape index (κ2) is 8.24. The lowest BCUT2D eigenvalue weighted by Gasteiger charge is -2.30. The van der Waals surface area contributed by atoms with Gasteiger partial charge in [-0.15, -0.1) is 0 Å². The molecule has 0 saturated heterocycles. The van der Waals surface area contributed by atoms with Gasteiger partial charge in [0.05, 0.1) is 27.7 Å². The molecular weight excluding hydrogens is 402 g/mol. The minimum Gasteiger partial charge on any atom is -0.323 e. The number of nitrogens with one attached hydrogen (secondary N) is 1. The Kier molecular flexibility index (Phi) is 6.49. The predicted octanol–water partition coefficient (Wildman–Crippen LogP) is 4.32. The first-order valence-electron chi connectivity index (χ1n) is 7.65. The zero-order chi connectivity index (χ0) is 19.5. The smallest absolute Gasteiger partial charge is 0.248 e. The Morgan fingerprint density at radius 2 is 1.85 bits per heavy atom. The van der Waals surface area contributed by atoms with E-state index in [0.29, 0.717) is 10.7 Å². The van der Waals surface area contributed by atoms with Gasteiger partial charge in [-0.25, -0.2) is 12.8 Å². The molecule has 1 N–H and O–H groups in total. The Morgan fingerprint density at radius 1 is 1.19 bits per heavy atom. The highest BCUT2D eigenvalue weighted by Gasteiger charge is 2.32. The van der Waals surface area contributed by atoms with E-state index in [0.717, 1.165) is 16.6 Å². The summed E-state index contributed by atoms with van der Waals surface area (Å²) >= 11 is 11.8. The van der Waals surface area contributed by atoms with Crippen LogP contribution in [0.2, 0.25) is 10.0 Å². The standard InChI is InChI=1S/C17H17Cl2FN2O3S/c1-3-16(17(23)21-15-7-5-4-6-12(15)18)22(26(2,24)25)11-8-9-14(20)13(19)10-11/h4-10,16H,3H2,1-2H3,(H,21,23)/t16-/m1/s1. The maximum absolute atomic E-state index is 13.4. The van der Waals surface area contributed by atoms with Crippen LogP contribution in [0.15, 0.2) is 42.5 Å². The maximum Gasteiger partial charge on any atom is 0.248 e. The third kappa shape index (κ3) is 4.66. The molecule has 0 aliphatic rings. The number of benzene rings is 2. The van der Waals surface area contributed by atoms with Crippen LogP contribution in [0.5, 0.6) is 0 Å². The van der Waals surface area contributed by atoms with Crippen LogP contribution in [0, 0.1) is 5.82 Å². The summed E-state index contributed by atoms with van der Waals surface area (Å²) in [5.41, 5.74) is 0.461. The lowest BCUT2D eigenvalue weighted by molar-refractivity contribution is -0.117. The average molecular weight is 419 g/mol. The van der Waals surface area contributed by atoms with Crippen LogP contribution in [-0.2, 0) is 14.8 Å². The van der Waals surface area contributed by atoms with E-state index in [1.165, 1.54) is 12.1 Å². The molecule has 9 heteroatoms. The summed E-state index contributed by atoms with van der Waals surface area (Å²) < 4.78 is 39.0. The molecule has 26 heavy (non-hydrogen) atoms. The Labute approximate surface area is 161 Å². The molecule has 0 unspecified atom stereocenters. The number of amides is 1. The Morgan fingerprint density at radius 3 is 2.38 bits per heavy atom. The minimum atomic E-state index is -3.85. The first-order valence-corrected chi connectivity index (χ1v) is 10.3. The van der Waals surface area contributed by atoms with Gasteiger partial charge >= 0.3 is 0 Å². The number of hydrogen-bond donors (Lipinski definition) is 1. The van der Waals surface area contributed by atoms with E-state index < -0.39 is 27.8 Å². The van der Waals surface area contributed by atoms with E-state index in [1.54, 1.807) is 31.2 Å². The number of hydrogen-bond acceptors (Lipinski definition) is 3. The van der Waals surface area contributed by atoms with Crippen LogP contribution in [0.1, 0.15) is 13.3 Å². The predicted molar refractivity (Wildman–Crippen MR) is 103 cm³/mol. The molecule has 2 aromatic rings. The molecule has 5 nitrogen and oxygen atoms in total. The quantitative estimate of drug-likeness (QED) is 0.759. The molecule has 0 fully saturated rings. The van der Waals surface area contributed by atoms with Gasteiger partial charge in [-0.1, -0.05) is 42.3 Å².